The van der Waals surface area contributed by atoms with E-state index in [-0.39, 0.29) is 23.5 Å². The largest absolute Gasteiger partial charge is 0.497 e. The summed E-state index contributed by atoms with van der Waals surface area (Å²) in [6, 6.07) is 6.33. The van der Waals surface area contributed by atoms with Crippen molar-refractivity contribution in [1.29, 1.82) is 0 Å². The molecule has 0 unspecified atom stereocenters. The van der Waals surface area contributed by atoms with Crippen molar-refractivity contribution in [2.75, 3.05) is 18.6 Å². The Balaban J connectivity index is 1.71. The third-order valence-electron chi connectivity index (χ3n) is 4.34. The first-order chi connectivity index (χ1) is 12.8. The molecule has 1 fully saturated rings. The molecule has 144 valence electrons. The summed E-state index contributed by atoms with van der Waals surface area (Å²) in [6.45, 7) is 1.75. The van der Waals surface area contributed by atoms with Crippen molar-refractivity contribution in [3.63, 3.8) is 0 Å². The Morgan fingerprint density at radius 2 is 2.11 bits per heavy atom. The highest BCUT2D eigenvalue weighted by molar-refractivity contribution is 7.91. The number of carbonyl (C=O) groups excluding carboxylic acids is 1. The van der Waals surface area contributed by atoms with Crippen LogP contribution in [0.2, 0.25) is 5.15 Å². The van der Waals surface area contributed by atoms with Gasteiger partial charge in [0.15, 0.2) is 9.84 Å². The lowest BCUT2D eigenvalue weighted by Crippen LogP contribution is -2.17. The van der Waals surface area contributed by atoms with Crippen LogP contribution in [0.5, 0.6) is 5.75 Å². The molecule has 0 saturated carbocycles. The van der Waals surface area contributed by atoms with E-state index in [1.165, 1.54) is 10.9 Å². The van der Waals surface area contributed by atoms with Gasteiger partial charge < -0.3 is 4.74 Å². The van der Waals surface area contributed by atoms with Crippen LogP contribution in [0.25, 0.3) is 0 Å². The van der Waals surface area contributed by atoms with E-state index >= 15 is 0 Å². The maximum absolute atomic E-state index is 12.1. The molecule has 0 aliphatic carbocycles. The number of halogens is 1. The number of benzene rings is 1. The van der Waals surface area contributed by atoms with Gasteiger partial charge in [0.25, 0.3) is 5.91 Å². The molecule has 1 atom stereocenters. The van der Waals surface area contributed by atoms with Crippen LogP contribution in [0, 0.1) is 6.92 Å². The van der Waals surface area contributed by atoms with Gasteiger partial charge in [-0.25, -0.2) is 18.5 Å². The molecule has 1 aromatic heterocycles. The highest BCUT2D eigenvalue weighted by atomic mass is 35.5. The Morgan fingerprint density at radius 1 is 1.41 bits per heavy atom. The summed E-state index contributed by atoms with van der Waals surface area (Å²) in [5.74, 6) is 0.433. The number of methoxy groups -OCH3 is 1. The molecule has 0 radical (unpaired) electrons. The van der Waals surface area contributed by atoms with Crippen molar-refractivity contribution < 1.29 is 17.9 Å². The molecular formula is C17H19ClN4O4S. The van der Waals surface area contributed by atoms with Crippen LogP contribution >= 0.6 is 11.6 Å². The molecule has 0 bridgehead atoms. The van der Waals surface area contributed by atoms with Crippen LogP contribution in [-0.4, -0.2) is 48.9 Å². The molecule has 1 aliphatic heterocycles. The number of aryl methyl sites for hydroxylation is 1. The molecule has 1 aliphatic rings. The Kier molecular flexibility index (Phi) is 5.52. The van der Waals surface area contributed by atoms with Crippen LogP contribution in [0.4, 0.5) is 0 Å². The van der Waals surface area contributed by atoms with E-state index < -0.39 is 9.84 Å². The standard InChI is InChI=1S/C17H19ClN4O4S/c1-11-15(16(18)22(21-11)13-7-8-27(24,25)10-13)9-19-20-17(23)12-3-5-14(26-2)6-4-12/h3-6,9,13H,7-8,10H2,1-2H3,(H,20,23)/b19-9-/t13-/m0/s1. The molecule has 1 N–H and O–H groups in total. The van der Waals surface area contributed by atoms with E-state index in [4.69, 9.17) is 16.3 Å². The summed E-state index contributed by atoms with van der Waals surface area (Å²) < 4.78 is 29.9. The SMILES string of the molecule is COc1ccc(C(=O)N/N=C\c2c(C)nn([C@H]3CCS(=O)(=O)C3)c2Cl)cc1. The van der Waals surface area contributed by atoms with Crippen molar-refractivity contribution in [3.8, 4) is 5.75 Å². The topological polar surface area (TPSA) is 103 Å². The third-order valence-corrected chi connectivity index (χ3v) is 6.46. The van der Waals surface area contributed by atoms with Gasteiger partial charge in [-0.1, -0.05) is 11.6 Å². The summed E-state index contributed by atoms with van der Waals surface area (Å²) in [6.07, 6.45) is 1.89. The maximum Gasteiger partial charge on any atom is 0.271 e. The van der Waals surface area contributed by atoms with E-state index in [1.807, 2.05) is 0 Å². The second-order valence-corrected chi connectivity index (χ2v) is 8.81. The molecular weight excluding hydrogens is 392 g/mol. The number of hydrogen-bond donors (Lipinski definition) is 1. The average molecular weight is 411 g/mol. The van der Waals surface area contributed by atoms with Gasteiger partial charge in [-0.05, 0) is 37.6 Å². The van der Waals surface area contributed by atoms with Gasteiger partial charge in [-0.3, -0.25) is 4.79 Å². The molecule has 2 aromatic rings. The molecule has 27 heavy (non-hydrogen) atoms. The summed E-state index contributed by atoms with van der Waals surface area (Å²) in [5, 5.41) is 8.58. The van der Waals surface area contributed by atoms with Gasteiger partial charge in [0.1, 0.15) is 10.9 Å². The van der Waals surface area contributed by atoms with E-state index in [0.717, 1.165) is 0 Å². The van der Waals surface area contributed by atoms with Crippen molar-refractivity contribution >= 4 is 33.6 Å². The number of amides is 1. The third kappa shape index (κ3) is 4.30. The first kappa shape index (κ1) is 19.4. The lowest BCUT2D eigenvalue weighted by molar-refractivity contribution is 0.0955. The van der Waals surface area contributed by atoms with Crippen molar-refractivity contribution in [2.45, 2.75) is 19.4 Å². The number of nitrogens with one attached hydrogen (secondary N) is 1. The van der Waals surface area contributed by atoms with E-state index in [0.29, 0.717) is 34.1 Å². The molecule has 1 saturated heterocycles. The van der Waals surface area contributed by atoms with Gasteiger partial charge in [0.2, 0.25) is 0 Å². The van der Waals surface area contributed by atoms with Gasteiger partial charge in [0.05, 0.1) is 42.1 Å². The van der Waals surface area contributed by atoms with Crippen molar-refractivity contribution in [3.05, 3.63) is 46.2 Å². The first-order valence-electron chi connectivity index (χ1n) is 8.23. The Labute approximate surface area is 162 Å². The Morgan fingerprint density at radius 3 is 2.70 bits per heavy atom. The summed E-state index contributed by atoms with van der Waals surface area (Å²) in [4.78, 5) is 12.1. The summed E-state index contributed by atoms with van der Waals surface area (Å²) in [5.41, 5.74) is 4.00. The zero-order chi connectivity index (χ0) is 19.6. The minimum atomic E-state index is -3.05. The predicted octanol–water partition coefficient (Wildman–Crippen LogP) is 1.98. The van der Waals surface area contributed by atoms with Gasteiger partial charge in [0, 0.05) is 5.56 Å². The normalized spacial score (nSPS) is 18.7. The quantitative estimate of drug-likeness (QED) is 0.599. The number of hydrogen-bond acceptors (Lipinski definition) is 6. The number of sulfone groups is 1. The molecule has 1 aromatic carbocycles. The number of rotatable bonds is 5. The second kappa shape index (κ2) is 7.69. The number of aromatic nitrogens is 2. The fourth-order valence-electron chi connectivity index (χ4n) is 2.85. The molecule has 8 nitrogen and oxygen atoms in total. The summed E-state index contributed by atoms with van der Waals surface area (Å²) >= 11 is 6.36. The number of hydrazone groups is 1. The molecule has 3 rings (SSSR count). The van der Waals surface area contributed by atoms with Gasteiger partial charge in [-0.15, -0.1) is 0 Å². The highest BCUT2D eigenvalue weighted by Crippen LogP contribution is 2.29. The van der Waals surface area contributed by atoms with Crippen LogP contribution in [0.1, 0.15) is 34.1 Å². The number of carbonyl (C=O) groups is 1. The number of nitrogens with zero attached hydrogens (tertiary/aromatic N) is 3. The molecule has 0 spiro atoms. The van der Waals surface area contributed by atoms with Crippen LogP contribution in [0.15, 0.2) is 29.4 Å². The maximum atomic E-state index is 12.1. The van der Waals surface area contributed by atoms with E-state index in [2.05, 4.69) is 15.6 Å². The van der Waals surface area contributed by atoms with E-state index in [1.54, 1.807) is 38.3 Å². The van der Waals surface area contributed by atoms with Crippen LogP contribution in [0.3, 0.4) is 0 Å². The number of ether oxygens (including phenoxy) is 1. The summed E-state index contributed by atoms with van der Waals surface area (Å²) in [7, 11) is -1.50. The first-order valence-corrected chi connectivity index (χ1v) is 10.4. The minimum absolute atomic E-state index is 0.0264. The van der Waals surface area contributed by atoms with E-state index in [9.17, 15) is 13.2 Å². The smallest absolute Gasteiger partial charge is 0.271 e. The average Bonchev–Trinajstić information content (AvgIpc) is 3.14. The Bertz CT molecular complexity index is 983. The minimum Gasteiger partial charge on any atom is -0.497 e. The zero-order valence-electron chi connectivity index (χ0n) is 14.8. The molecule has 2 heterocycles. The van der Waals surface area contributed by atoms with Crippen molar-refractivity contribution in [2.24, 2.45) is 5.10 Å². The molecule has 1 amide bonds. The Hall–Kier alpha value is -2.39. The predicted molar refractivity (Wildman–Crippen MR) is 102 cm³/mol. The molecule has 10 heteroatoms. The fourth-order valence-corrected chi connectivity index (χ4v) is 4.90. The lowest BCUT2D eigenvalue weighted by Gasteiger charge is -2.09. The lowest BCUT2D eigenvalue weighted by atomic mass is 10.2. The zero-order valence-corrected chi connectivity index (χ0v) is 16.4. The second-order valence-electron chi connectivity index (χ2n) is 6.22. The van der Waals surface area contributed by atoms with Gasteiger partial charge >= 0.3 is 0 Å². The highest BCUT2D eigenvalue weighted by Gasteiger charge is 2.31. The van der Waals surface area contributed by atoms with Crippen LogP contribution < -0.4 is 10.2 Å². The fraction of sp³-hybridized carbons (Fsp3) is 0.353. The monoisotopic (exact) mass is 410 g/mol. The van der Waals surface area contributed by atoms with Crippen molar-refractivity contribution in [1.82, 2.24) is 15.2 Å². The van der Waals surface area contributed by atoms with Crippen LogP contribution in [-0.2, 0) is 9.84 Å². The van der Waals surface area contributed by atoms with Gasteiger partial charge in [-0.2, -0.15) is 10.2 Å².